The van der Waals surface area contributed by atoms with Gasteiger partial charge in [0.1, 0.15) is 5.52 Å². The summed E-state index contributed by atoms with van der Waals surface area (Å²) in [5.41, 5.74) is 2.49. The van der Waals surface area contributed by atoms with Gasteiger partial charge in [-0.15, -0.1) is 0 Å². The van der Waals surface area contributed by atoms with Crippen LogP contribution in [0.15, 0.2) is 45.8 Å². The van der Waals surface area contributed by atoms with Gasteiger partial charge in [-0.25, -0.2) is 0 Å². The van der Waals surface area contributed by atoms with E-state index in [2.05, 4.69) is 33.1 Å². The van der Waals surface area contributed by atoms with Crippen molar-refractivity contribution in [1.82, 2.24) is 19.2 Å². The molecular weight excluding hydrogens is 444 g/mol. The van der Waals surface area contributed by atoms with Crippen LogP contribution in [0, 0.1) is 0 Å². The number of nitrogens with zero attached hydrogens (tertiary/aromatic N) is 3. The molecule has 1 atom stereocenters. The number of aryl methyl sites for hydroxylation is 1. The van der Waals surface area contributed by atoms with Crippen LogP contribution in [0.4, 0.5) is 0 Å². The first-order valence-corrected chi connectivity index (χ1v) is 11.6. The average molecular weight is 473 g/mol. The lowest BCUT2D eigenvalue weighted by atomic mass is 10.0. The molecule has 1 aromatic carbocycles. The fourth-order valence-electron chi connectivity index (χ4n) is 4.47. The highest BCUT2D eigenvalue weighted by molar-refractivity contribution is 9.10. The number of carbonyl (C=O) groups excluding carboxylic acids is 1. The number of amides is 1. The monoisotopic (exact) mass is 472 g/mol. The Kier molecular flexibility index (Phi) is 6.58. The molecule has 1 aliphatic heterocycles. The molecule has 7 heteroatoms. The Hall–Kier alpha value is -2.12. The van der Waals surface area contributed by atoms with Gasteiger partial charge in [-0.2, -0.15) is 0 Å². The Morgan fingerprint density at radius 2 is 2.03 bits per heavy atom. The number of hydrogen-bond donors (Lipinski definition) is 1. The highest BCUT2D eigenvalue weighted by atomic mass is 79.9. The third kappa shape index (κ3) is 4.47. The van der Waals surface area contributed by atoms with E-state index in [0.717, 1.165) is 28.6 Å². The van der Waals surface area contributed by atoms with Crippen molar-refractivity contribution in [2.24, 2.45) is 0 Å². The molecule has 2 aromatic heterocycles. The summed E-state index contributed by atoms with van der Waals surface area (Å²) < 4.78 is 4.65. The summed E-state index contributed by atoms with van der Waals surface area (Å²) in [5.74, 6) is 0.0574. The average Bonchev–Trinajstić information content (AvgIpc) is 3.22. The number of likely N-dealkylation sites (tertiary alicyclic amines) is 1. The molecule has 1 aliphatic rings. The Morgan fingerprint density at radius 1 is 1.17 bits per heavy atom. The van der Waals surface area contributed by atoms with Crippen LogP contribution in [0.5, 0.6) is 0 Å². The van der Waals surface area contributed by atoms with Gasteiger partial charge in [-0.1, -0.05) is 22.4 Å². The van der Waals surface area contributed by atoms with Gasteiger partial charge in [-0.05, 0) is 63.1 Å². The molecule has 0 radical (unpaired) electrons. The zero-order valence-electron chi connectivity index (χ0n) is 17.4. The van der Waals surface area contributed by atoms with Crippen LogP contribution in [-0.2, 0) is 11.3 Å². The lowest BCUT2D eigenvalue weighted by Gasteiger charge is -2.33. The van der Waals surface area contributed by atoms with Crippen molar-refractivity contribution in [3.63, 3.8) is 0 Å². The van der Waals surface area contributed by atoms with Crippen molar-refractivity contribution in [3.05, 3.63) is 51.4 Å². The third-order valence-corrected chi connectivity index (χ3v) is 6.64. The van der Waals surface area contributed by atoms with E-state index in [1.54, 1.807) is 4.57 Å². The standard InChI is InChI=1S/C23H29BrN4O2/c1-17-6-2-3-12-26(17)15-11-25-22(29)8-5-14-28-21-16-18(24)9-10-19(21)27-13-4-7-20(27)23(28)30/h4,7,9-10,13,16-17H,2-3,5-6,8,11-12,14-15H2,1H3,(H,25,29)/t17-/m1/s1. The first-order valence-electron chi connectivity index (χ1n) is 10.8. The molecule has 1 fully saturated rings. The van der Waals surface area contributed by atoms with Crippen molar-refractivity contribution >= 4 is 38.4 Å². The van der Waals surface area contributed by atoms with E-state index in [1.165, 1.54) is 19.3 Å². The molecular formula is C23H29BrN4O2. The Labute approximate surface area is 185 Å². The van der Waals surface area contributed by atoms with E-state index in [-0.39, 0.29) is 11.5 Å². The number of aromatic nitrogens is 2. The van der Waals surface area contributed by atoms with Gasteiger partial charge < -0.3 is 14.3 Å². The van der Waals surface area contributed by atoms with Gasteiger partial charge in [-0.3, -0.25) is 14.5 Å². The number of fused-ring (bicyclic) bond motifs is 3. The summed E-state index contributed by atoms with van der Waals surface area (Å²) in [7, 11) is 0. The van der Waals surface area contributed by atoms with Gasteiger partial charge in [0.05, 0.1) is 11.0 Å². The molecule has 0 unspecified atom stereocenters. The van der Waals surface area contributed by atoms with Crippen LogP contribution in [0.1, 0.15) is 39.0 Å². The number of benzene rings is 1. The van der Waals surface area contributed by atoms with Crippen LogP contribution in [0.3, 0.4) is 0 Å². The minimum absolute atomic E-state index is 0.0231. The predicted octanol–water partition coefficient (Wildman–Crippen LogP) is 3.79. The van der Waals surface area contributed by atoms with Gasteiger partial charge in [0.25, 0.3) is 5.56 Å². The number of piperidine rings is 1. The Morgan fingerprint density at radius 3 is 2.87 bits per heavy atom. The normalized spacial score (nSPS) is 17.6. The van der Waals surface area contributed by atoms with Crippen molar-refractivity contribution in [2.75, 3.05) is 19.6 Å². The Bertz CT molecular complexity index is 1100. The zero-order chi connectivity index (χ0) is 21.1. The first kappa shape index (κ1) is 21.1. The van der Waals surface area contributed by atoms with E-state index in [0.29, 0.717) is 37.5 Å². The molecule has 3 heterocycles. The van der Waals surface area contributed by atoms with Crippen LogP contribution in [0.2, 0.25) is 0 Å². The molecule has 0 aliphatic carbocycles. The molecule has 30 heavy (non-hydrogen) atoms. The number of hydrogen-bond acceptors (Lipinski definition) is 3. The van der Waals surface area contributed by atoms with E-state index in [9.17, 15) is 9.59 Å². The second kappa shape index (κ2) is 9.35. The maximum Gasteiger partial charge on any atom is 0.275 e. The van der Waals surface area contributed by atoms with Gasteiger partial charge in [0.15, 0.2) is 0 Å². The number of rotatable bonds is 7. The smallest absolute Gasteiger partial charge is 0.275 e. The van der Waals surface area contributed by atoms with Gasteiger partial charge >= 0.3 is 0 Å². The van der Waals surface area contributed by atoms with Crippen molar-refractivity contribution in [2.45, 2.75) is 51.6 Å². The number of carbonyl (C=O) groups is 1. The number of halogens is 1. The van der Waals surface area contributed by atoms with E-state index >= 15 is 0 Å². The van der Waals surface area contributed by atoms with Crippen LogP contribution < -0.4 is 10.9 Å². The third-order valence-electron chi connectivity index (χ3n) is 6.15. The van der Waals surface area contributed by atoms with Crippen molar-refractivity contribution in [1.29, 1.82) is 0 Å². The molecule has 0 bridgehead atoms. The molecule has 3 aromatic rings. The molecule has 0 spiro atoms. The molecule has 1 saturated heterocycles. The summed E-state index contributed by atoms with van der Waals surface area (Å²) in [5, 5.41) is 3.04. The van der Waals surface area contributed by atoms with E-state index < -0.39 is 0 Å². The molecule has 160 valence electrons. The minimum Gasteiger partial charge on any atom is -0.355 e. The van der Waals surface area contributed by atoms with E-state index in [4.69, 9.17) is 0 Å². The fourth-order valence-corrected chi connectivity index (χ4v) is 4.82. The van der Waals surface area contributed by atoms with Crippen LogP contribution in [-0.4, -0.2) is 45.5 Å². The molecule has 0 saturated carbocycles. The Balaban J connectivity index is 1.37. The highest BCUT2D eigenvalue weighted by Crippen LogP contribution is 2.21. The van der Waals surface area contributed by atoms with Crippen molar-refractivity contribution in [3.8, 4) is 0 Å². The summed E-state index contributed by atoms with van der Waals surface area (Å²) in [6, 6.07) is 10.3. The quantitative estimate of drug-likeness (QED) is 0.568. The summed E-state index contributed by atoms with van der Waals surface area (Å²) in [6.07, 6.45) is 6.77. The summed E-state index contributed by atoms with van der Waals surface area (Å²) >= 11 is 3.51. The SMILES string of the molecule is C[C@@H]1CCCCN1CCNC(=O)CCCn1c(=O)c2cccn2c2ccc(Br)cc21. The lowest BCUT2D eigenvalue weighted by Crippen LogP contribution is -2.42. The highest BCUT2D eigenvalue weighted by Gasteiger charge is 2.17. The summed E-state index contributed by atoms with van der Waals surface area (Å²) in [4.78, 5) is 27.7. The number of nitrogens with one attached hydrogen (secondary N) is 1. The molecule has 6 nitrogen and oxygen atoms in total. The molecule has 1 amide bonds. The maximum absolute atomic E-state index is 13.0. The molecule has 1 N–H and O–H groups in total. The van der Waals surface area contributed by atoms with Crippen molar-refractivity contribution < 1.29 is 4.79 Å². The second-order valence-electron chi connectivity index (χ2n) is 8.19. The van der Waals surface area contributed by atoms with Crippen LogP contribution >= 0.6 is 15.9 Å². The fraction of sp³-hybridized carbons (Fsp3) is 0.478. The second-order valence-corrected chi connectivity index (χ2v) is 9.10. The topological polar surface area (TPSA) is 58.8 Å². The largest absolute Gasteiger partial charge is 0.355 e. The predicted molar refractivity (Wildman–Crippen MR) is 124 cm³/mol. The maximum atomic E-state index is 13.0. The minimum atomic E-state index is -0.0231. The van der Waals surface area contributed by atoms with E-state index in [1.807, 2.05) is 40.9 Å². The van der Waals surface area contributed by atoms with Gasteiger partial charge in [0.2, 0.25) is 5.91 Å². The summed E-state index contributed by atoms with van der Waals surface area (Å²) in [6.45, 7) is 5.52. The first-order chi connectivity index (χ1) is 14.5. The molecule has 4 rings (SSSR count). The van der Waals surface area contributed by atoms with Crippen LogP contribution in [0.25, 0.3) is 16.6 Å². The zero-order valence-corrected chi connectivity index (χ0v) is 19.0. The lowest BCUT2D eigenvalue weighted by molar-refractivity contribution is -0.121. The van der Waals surface area contributed by atoms with Gasteiger partial charge in [0, 0.05) is 42.8 Å².